The summed E-state index contributed by atoms with van der Waals surface area (Å²) in [7, 11) is 0. The summed E-state index contributed by atoms with van der Waals surface area (Å²) < 4.78 is 5.71. The van der Waals surface area contributed by atoms with Crippen molar-refractivity contribution in [3.05, 3.63) is 30.3 Å². The minimum atomic E-state index is -0.660. The molecule has 0 saturated heterocycles. The molecular formula is C24H40O3. The Morgan fingerprint density at radius 3 is 1.48 bits per heavy atom. The van der Waals surface area contributed by atoms with Crippen molar-refractivity contribution in [3.8, 4) is 5.75 Å². The molecule has 0 bridgehead atoms. The molecule has 0 spiro atoms. The number of carboxylic acid groups (broad SMARTS) is 1. The first kappa shape index (κ1) is 23.5. The van der Waals surface area contributed by atoms with Crippen LogP contribution in [0.5, 0.6) is 5.75 Å². The predicted octanol–water partition coefficient (Wildman–Crippen LogP) is 7.39. The van der Waals surface area contributed by atoms with Gasteiger partial charge in [0, 0.05) is 6.42 Å². The molecule has 3 nitrogen and oxygen atoms in total. The average molecular weight is 377 g/mol. The van der Waals surface area contributed by atoms with Crippen molar-refractivity contribution in [1.29, 1.82) is 0 Å². The third-order valence-electron chi connectivity index (χ3n) is 5.05. The van der Waals surface area contributed by atoms with Gasteiger partial charge in [0.15, 0.2) is 0 Å². The summed E-state index contributed by atoms with van der Waals surface area (Å²) in [5.74, 6) is 0.322. The van der Waals surface area contributed by atoms with Gasteiger partial charge in [0.05, 0.1) is 6.61 Å². The number of unbranched alkanes of at least 4 members (excludes halogenated alkanes) is 14. The topological polar surface area (TPSA) is 46.5 Å². The molecule has 27 heavy (non-hydrogen) atoms. The van der Waals surface area contributed by atoms with Crippen LogP contribution in [0.4, 0.5) is 0 Å². The number of para-hydroxylation sites is 1. The number of ether oxygens (including phenoxy) is 1. The van der Waals surface area contributed by atoms with Gasteiger partial charge in [0.25, 0.3) is 0 Å². The minimum Gasteiger partial charge on any atom is -0.494 e. The Bertz CT molecular complexity index is 444. The first-order valence-corrected chi connectivity index (χ1v) is 11.2. The van der Waals surface area contributed by atoms with E-state index in [1.54, 1.807) is 0 Å². The van der Waals surface area contributed by atoms with Crippen LogP contribution in [0.25, 0.3) is 0 Å². The van der Waals surface area contributed by atoms with Crippen LogP contribution >= 0.6 is 0 Å². The Morgan fingerprint density at radius 2 is 1.04 bits per heavy atom. The van der Waals surface area contributed by atoms with E-state index in [1.165, 1.54) is 77.0 Å². The molecule has 0 aliphatic heterocycles. The van der Waals surface area contributed by atoms with E-state index in [2.05, 4.69) is 0 Å². The molecule has 0 heterocycles. The van der Waals surface area contributed by atoms with E-state index in [-0.39, 0.29) is 0 Å². The fourth-order valence-corrected chi connectivity index (χ4v) is 3.38. The molecule has 1 aromatic rings. The number of hydrogen-bond acceptors (Lipinski definition) is 2. The van der Waals surface area contributed by atoms with E-state index in [0.717, 1.165) is 31.6 Å². The highest BCUT2D eigenvalue weighted by Gasteiger charge is 1.97. The van der Waals surface area contributed by atoms with Crippen molar-refractivity contribution in [3.63, 3.8) is 0 Å². The summed E-state index contributed by atoms with van der Waals surface area (Å²) in [5, 5.41) is 8.57. The molecule has 1 rings (SSSR count). The monoisotopic (exact) mass is 376 g/mol. The second-order valence-electron chi connectivity index (χ2n) is 7.61. The lowest BCUT2D eigenvalue weighted by Gasteiger charge is -2.06. The van der Waals surface area contributed by atoms with Gasteiger partial charge >= 0.3 is 5.97 Å². The summed E-state index contributed by atoms with van der Waals surface area (Å²) in [6.45, 7) is 0.837. The highest BCUT2D eigenvalue weighted by molar-refractivity contribution is 5.66. The Labute approximate surface area is 166 Å². The maximum absolute atomic E-state index is 10.4. The first-order chi connectivity index (χ1) is 13.3. The summed E-state index contributed by atoms with van der Waals surface area (Å²) in [6.07, 6.45) is 19.4. The van der Waals surface area contributed by atoms with E-state index in [0.29, 0.717) is 6.42 Å². The second kappa shape index (κ2) is 17.9. The van der Waals surface area contributed by atoms with Gasteiger partial charge in [-0.25, -0.2) is 0 Å². The maximum atomic E-state index is 10.4. The van der Waals surface area contributed by atoms with Crippen LogP contribution < -0.4 is 4.74 Å². The largest absolute Gasteiger partial charge is 0.494 e. The van der Waals surface area contributed by atoms with Gasteiger partial charge in [-0.2, -0.15) is 0 Å². The van der Waals surface area contributed by atoms with Crippen LogP contribution in [-0.4, -0.2) is 17.7 Å². The van der Waals surface area contributed by atoms with E-state index in [9.17, 15) is 4.79 Å². The summed E-state index contributed by atoms with van der Waals surface area (Å²) in [4.78, 5) is 10.4. The zero-order valence-corrected chi connectivity index (χ0v) is 17.2. The van der Waals surface area contributed by atoms with Gasteiger partial charge in [0.2, 0.25) is 0 Å². The zero-order chi connectivity index (χ0) is 19.4. The molecule has 0 aromatic heterocycles. The normalized spacial score (nSPS) is 10.8. The molecule has 0 aliphatic carbocycles. The molecule has 0 fully saturated rings. The number of hydrogen-bond donors (Lipinski definition) is 1. The van der Waals surface area contributed by atoms with Gasteiger partial charge < -0.3 is 9.84 Å². The lowest BCUT2D eigenvalue weighted by molar-refractivity contribution is -0.137. The van der Waals surface area contributed by atoms with Crippen molar-refractivity contribution in [2.45, 2.75) is 103 Å². The SMILES string of the molecule is O=C(O)CCCCCCCCCCCCCCCCCOc1ccccc1. The van der Waals surface area contributed by atoms with Gasteiger partial charge in [-0.05, 0) is 25.0 Å². The molecule has 3 heteroatoms. The third-order valence-corrected chi connectivity index (χ3v) is 5.05. The van der Waals surface area contributed by atoms with Crippen LogP contribution in [0.3, 0.4) is 0 Å². The van der Waals surface area contributed by atoms with Crippen LogP contribution in [-0.2, 0) is 4.79 Å². The van der Waals surface area contributed by atoms with Crippen LogP contribution in [0.2, 0.25) is 0 Å². The van der Waals surface area contributed by atoms with Crippen molar-refractivity contribution >= 4 is 5.97 Å². The number of carbonyl (C=O) groups is 1. The Kier molecular flexibility index (Phi) is 15.6. The molecule has 0 amide bonds. The Hall–Kier alpha value is -1.51. The molecule has 154 valence electrons. The number of rotatable bonds is 19. The van der Waals surface area contributed by atoms with Crippen molar-refractivity contribution in [2.75, 3.05) is 6.61 Å². The van der Waals surface area contributed by atoms with E-state index in [4.69, 9.17) is 9.84 Å². The fraction of sp³-hybridized carbons (Fsp3) is 0.708. The third kappa shape index (κ3) is 16.4. The molecule has 0 aliphatic rings. The lowest BCUT2D eigenvalue weighted by atomic mass is 10.0. The smallest absolute Gasteiger partial charge is 0.303 e. The molecule has 1 aromatic carbocycles. The molecule has 0 radical (unpaired) electrons. The van der Waals surface area contributed by atoms with Crippen molar-refractivity contribution in [1.82, 2.24) is 0 Å². The first-order valence-electron chi connectivity index (χ1n) is 11.2. The molecule has 0 unspecified atom stereocenters. The van der Waals surface area contributed by atoms with Crippen LogP contribution in [0.15, 0.2) is 30.3 Å². The van der Waals surface area contributed by atoms with Crippen molar-refractivity contribution in [2.24, 2.45) is 0 Å². The predicted molar refractivity (Wildman–Crippen MR) is 113 cm³/mol. The van der Waals surface area contributed by atoms with Gasteiger partial charge in [-0.3, -0.25) is 4.79 Å². The Morgan fingerprint density at radius 1 is 0.630 bits per heavy atom. The zero-order valence-electron chi connectivity index (χ0n) is 17.2. The van der Waals surface area contributed by atoms with Crippen LogP contribution in [0, 0.1) is 0 Å². The molecular weight excluding hydrogens is 336 g/mol. The highest BCUT2D eigenvalue weighted by atomic mass is 16.5. The van der Waals surface area contributed by atoms with E-state index in [1.807, 2.05) is 30.3 Å². The van der Waals surface area contributed by atoms with Gasteiger partial charge in [-0.15, -0.1) is 0 Å². The molecule has 0 saturated carbocycles. The summed E-state index contributed by atoms with van der Waals surface area (Å²) >= 11 is 0. The van der Waals surface area contributed by atoms with E-state index >= 15 is 0 Å². The summed E-state index contributed by atoms with van der Waals surface area (Å²) in [6, 6.07) is 10.1. The highest BCUT2D eigenvalue weighted by Crippen LogP contribution is 2.14. The maximum Gasteiger partial charge on any atom is 0.303 e. The molecule has 0 atom stereocenters. The van der Waals surface area contributed by atoms with Gasteiger partial charge in [-0.1, -0.05) is 102 Å². The molecule has 1 N–H and O–H groups in total. The van der Waals surface area contributed by atoms with Crippen LogP contribution in [0.1, 0.15) is 103 Å². The Balaban J connectivity index is 1.69. The van der Waals surface area contributed by atoms with Gasteiger partial charge in [0.1, 0.15) is 5.75 Å². The second-order valence-corrected chi connectivity index (χ2v) is 7.61. The number of carboxylic acids is 1. The average Bonchev–Trinajstić information content (AvgIpc) is 2.67. The quantitative estimate of drug-likeness (QED) is 0.256. The lowest BCUT2D eigenvalue weighted by Crippen LogP contribution is -1.96. The number of benzene rings is 1. The van der Waals surface area contributed by atoms with E-state index < -0.39 is 5.97 Å². The fourth-order valence-electron chi connectivity index (χ4n) is 3.38. The minimum absolute atomic E-state index is 0.335. The van der Waals surface area contributed by atoms with Crippen molar-refractivity contribution < 1.29 is 14.6 Å². The standard InChI is InChI=1S/C24H40O3/c25-24(26)21-17-12-10-8-6-4-2-1-3-5-7-9-11-13-18-22-27-23-19-15-14-16-20-23/h14-16,19-20H,1-13,17-18,21-22H2,(H,25,26). The summed E-state index contributed by atoms with van der Waals surface area (Å²) in [5.41, 5.74) is 0. The number of aliphatic carboxylic acids is 1.